The van der Waals surface area contributed by atoms with Gasteiger partial charge in [-0.15, -0.1) is 0 Å². The van der Waals surface area contributed by atoms with Gasteiger partial charge in [0.05, 0.1) is 11.0 Å². The van der Waals surface area contributed by atoms with Crippen LogP contribution >= 0.6 is 11.8 Å². The van der Waals surface area contributed by atoms with Crippen LogP contribution in [0.25, 0.3) is 11.0 Å². The van der Waals surface area contributed by atoms with E-state index in [9.17, 15) is 0 Å². The predicted molar refractivity (Wildman–Crippen MR) is 90.6 cm³/mol. The number of fused-ring (bicyclic) bond motifs is 1. The SMILES string of the molecule is CSCCC(C)n1c(C(C)(C)C)nc2cc(N)ccc21. The topological polar surface area (TPSA) is 43.8 Å². The normalized spacial score (nSPS) is 13.8. The maximum atomic E-state index is 5.90. The molecule has 0 amide bonds. The fourth-order valence-corrected chi connectivity index (χ4v) is 3.09. The Labute approximate surface area is 125 Å². The first-order valence-electron chi connectivity index (χ1n) is 7.11. The van der Waals surface area contributed by atoms with Crippen molar-refractivity contribution in [1.29, 1.82) is 0 Å². The molecule has 2 aromatic rings. The average molecular weight is 291 g/mol. The van der Waals surface area contributed by atoms with Gasteiger partial charge in [-0.25, -0.2) is 4.98 Å². The van der Waals surface area contributed by atoms with Gasteiger partial charge in [0.2, 0.25) is 0 Å². The molecule has 0 saturated heterocycles. The first kappa shape index (κ1) is 15.2. The Hall–Kier alpha value is -1.16. The van der Waals surface area contributed by atoms with Crippen LogP contribution in [0.5, 0.6) is 0 Å². The maximum Gasteiger partial charge on any atom is 0.115 e. The van der Waals surface area contributed by atoms with Gasteiger partial charge < -0.3 is 10.3 Å². The lowest BCUT2D eigenvalue weighted by Crippen LogP contribution is -2.21. The highest BCUT2D eigenvalue weighted by Crippen LogP contribution is 2.31. The number of benzene rings is 1. The number of hydrogen-bond acceptors (Lipinski definition) is 3. The quantitative estimate of drug-likeness (QED) is 0.857. The zero-order valence-corrected chi connectivity index (χ0v) is 13.9. The number of anilines is 1. The van der Waals surface area contributed by atoms with Gasteiger partial charge in [0.25, 0.3) is 0 Å². The number of nitrogen functional groups attached to an aromatic ring is 1. The Balaban J connectivity index is 2.58. The molecule has 0 aliphatic rings. The van der Waals surface area contributed by atoms with E-state index < -0.39 is 0 Å². The van der Waals surface area contributed by atoms with Crippen LogP contribution in [0, 0.1) is 0 Å². The molecule has 0 aliphatic heterocycles. The minimum absolute atomic E-state index is 0.0292. The summed E-state index contributed by atoms with van der Waals surface area (Å²) in [4.78, 5) is 4.85. The van der Waals surface area contributed by atoms with Crippen molar-refractivity contribution < 1.29 is 0 Å². The molecule has 0 spiro atoms. The van der Waals surface area contributed by atoms with Gasteiger partial charge in [-0.1, -0.05) is 20.8 Å². The Bertz CT molecular complexity index is 596. The van der Waals surface area contributed by atoms with Crippen molar-refractivity contribution in [2.45, 2.75) is 45.6 Å². The van der Waals surface area contributed by atoms with Crippen molar-refractivity contribution in [3.63, 3.8) is 0 Å². The van der Waals surface area contributed by atoms with Crippen LogP contribution < -0.4 is 5.73 Å². The summed E-state index contributed by atoms with van der Waals surface area (Å²) in [5, 5.41) is 0. The van der Waals surface area contributed by atoms with Crippen LogP contribution in [0.2, 0.25) is 0 Å². The van der Waals surface area contributed by atoms with Crippen LogP contribution in [0.3, 0.4) is 0 Å². The predicted octanol–water partition coefficient (Wildman–Crippen LogP) is 4.23. The molecule has 1 aromatic carbocycles. The van der Waals surface area contributed by atoms with Crippen molar-refractivity contribution in [3.8, 4) is 0 Å². The van der Waals surface area contributed by atoms with Gasteiger partial charge in [0.1, 0.15) is 5.82 Å². The van der Waals surface area contributed by atoms with Gasteiger partial charge >= 0.3 is 0 Å². The van der Waals surface area contributed by atoms with Gasteiger partial charge in [0.15, 0.2) is 0 Å². The van der Waals surface area contributed by atoms with Crippen LogP contribution in [-0.4, -0.2) is 21.6 Å². The Kier molecular flexibility index (Phi) is 4.33. The Morgan fingerprint density at radius 2 is 2.05 bits per heavy atom. The summed E-state index contributed by atoms with van der Waals surface area (Å²) in [6, 6.07) is 6.49. The Morgan fingerprint density at radius 3 is 2.65 bits per heavy atom. The summed E-state index contributed by atoms with van der Waals surface area (Å²) in [5.74, 6) is 2.31. The lowest BCUT2D eigenvalue weighted by Gasteiger charge is -2.24. The van der Waals surface area contributed by atoms with E-state index in [1.165, 1.54) is 11.3 Å². The summed E-state index contributed by atoms with van der Waals surface area (Å²) in [5.41, 5.74) is 8.90. The smallest absolute Gasteiger partial charge is 0.115 e. The maximum absolute atomic E-state index is 5.90. The van der Waals surface area contributed by atoms with Gasteiger partial charge in [-0.2, -0.15) is 11.8 Å². The fourth-order valence-electron chi connectivity index (χ4n) is 2.51. The summed E-state index contributed by atoms with van der Waals surface area (Å²) in [7, 11) is 0. The van der Waals surface area contributed by atoms with E-state index in [0.717, 1.165) is 23.4 Å². The van der Waals surface area contributed by atoms with Gasteiger partial charge in [-0.3, -0.25) is 0 Å². The molecule has 1 atom stereocenters. The van der Waals surface area contributed by atoms with E-state index in [1.54, 1.807) is 0 Å². The molecule has 1 heterocycles. The van der Waals surface area contributed by atoms with E-state index in [1.807, 2.05) is 23.9 Å². The fraction of sp³-hybridized carbons (Fsp3) is 0.562. The van der Waals surface area contributed by atoms with E-state index in [-0.39, 0.29) is 5.41 Å². The molecule has 0 aliphatic carbocycles. The number of thioether (sulfide) groups is 1. The van der Waals surface area contributed by atoms with Crippen molar-refractivity contribution in [2.75, 3.05) is 17.7 Å². The summed E-state index contributed by atoms with van der Waals surface area (Å²) in [6.07, 6.45) is 3.31. The molecule has 0 radical (unpaired) electrons. The van der Waals surface area contributed by atoms with Crippen LogP contribution in [0.15, 0.2) is 18.2 Å². The van der Waals surface area contributed by atoms with Gasteiger partial charge in [-0.05, 0) is 43.6 Å². The standard InChI is InChI=1S/C16H25N3S/c1-11(8-9-20-5)19-14-7-6-12(17)10-13(14)18-15(19)16(2,3)4/h6-7,10-11H,8-9,17H2,1-5H3. The number of imidazole rings is 1. The van der Waals surface area contributed by atoms with E-state index in [2.05, 4.69) is 44.6 Å². The lowest BCUT2D eigenvalue weighted by molar-refractivity contribution is 0.454. The van der Waals surface area contributed by atoms with Crippen LogP contribution in [-0.2, 0) is 5.41 Å². The second kappa shape index (κ2) is 5.68. The number of nitrogens with zero attached hydrogens (tertiary/aromatic N) is 2. The first-order chi connectivity index (χ1) is 9.34. The highest BCUT2D eigenvalue weighted by molar-refractivity contribution is 7.98. The van der Waals surface area contributed by atoms with Crippen molar-refractivity contribution in [1.82, 2.24) is 9.55 Å². The van der Waals surface area contributed by atoms with Crippen LogP contribution in [0.4, 0.5) is 5.69 Å². The molecule has 2 rings (SSSR count). The molecular weight excluding hydrogens is 266 g/mol. The van der Waals surface area contributed by atoms with Crippen molar-refractivity contribution in [3.05, 3.63) is 24.0 Å². The highest BCUT2D eigenvalue weighted by atomic mass is 32.2. The molecule has 1 unspecified atom stereocenters. The molecular formula is C16H25N3S. The summed E-state index contributed by atoms with van der Waals surface area (Å²) >= 11 is 1.89. The highest BCUT2D eigenvalue weighted by Gasteiger charge is 2.25. The number of nitrogens with two attached hydrogens (primary N) is 1. The monoisotopic (exact) mass is 291 g/mol. The van der Waals surface area contributed by atoms with Gasteiger partial charge in [0, 0.05) is 17.1 Å². The van der Waals surface area contributed by atoms with E-state index in [4.69, 9.17) is 10.7 Å². The third kappa shape index (κ3) is 2.95. The molecule has 0 fully saturated rings. The zero-order valence-electron chi connectivity index (χ0n) is 13.1. The zero-order chi connectivity index (χ0) is 14.9. The second-order valence-electron chi connectivity index (χ2n) is 6.43. The number of hydrogen-bond donors (Lipinski definition) is 1. The van der Waals surface area contributed by atoms with Crippen LogP contribution in [0.1, 0.15) is 46.0 Å². The Morgan fingerprint density at radius 1 is 1.35 bits per heavy atom. The third-order valence-electron chi connectivity index (χ3n) is 3.56. The molecule has 4 heteroatoms. The van der Waals surface area contributed by atoms with E-state index >= 15 is 0 Å². The minimum atomic E-state index is 0.0292. The summed E-state index contributed by atoms with van der Waals surface area (Å²) in [6.45, 7) is 8.93. The third-order valence-corrected chi connectivity index (χ3v) is 4.21. The first-order valence-corrected chi connectivity index (χ1v) is 8.51. The van der Waals surface area contributed by atoms with E-state index in [0.29, 0.717) is 6.04 Å². The largest absolute Gasteiger partial charge is 0.399 e. The number of aromatic nitrogens is 2. The lowest BCUT2D eigenvalue weighted by atomic mass is 9.95. The molecule has 20 heavy (non-hydrogen) atoms. The number of rotatable bonds is 4. The molecule has 0 saturated carbocycles. The molecule has 3 nitrogen and oxygen atoms in total. The second-order valence-corrected chi connectivity index (χ2v) is 7.42. The molecule has 2 N–H and O–H groups in total. The van der Waals surface area contributed by atoms with Crippen molar-refractivity contribution >= 4 is 28.5 Å². The summed E-state index contributed by atoms with van der Waals surface area (Å²) < 4.78 is 2.39. The molecule has 0 bridgehead atoms. The average Bonchev–Trinajstić information content (AvgIpc) is 2.74. The molecule has 1 aromatic heterocycles. The van der Waals surface area contributed by atoms with Crippen molar-refractivity contribution in [2.24, 2.45) is 0 Å². The molecule has 110 valence electrons. The minimum Gasteiger partial charge on any atom is -0.399 e.